The molecule has 23 heavy (non-hydrogen) atoms. The largest absolute Gasteiger partial charge is 0.350 e. The van der Waals surface area contributed by atoms with Gasteiger partial charge in [-0.25, -0.2) is 4.79 Å². The monoisotopic (exact) mass is 331 g/mol. The van der Waals surface area contributed by atoms with Crippen molar-refractivity contribution in [2.75, 3.05) is 5.32 Å². The van der Waals surface area contributed by atoms with Crippen molar-refractivity contribution in [3.8, 4) is 0 Å². The van der Waals surface area contributed by atoms with Gasteiger partial charge in [-0.1, -0.05) is 48.0 Å². The number of rotatable bonds is 5. The topological polar surface area (TPSA) is 70.2 Å². The highest BCUT2D eigenvalue weighted by atomic mass is 35.5. The molecule has 1 atom stereocenters. The second-order valence-corrected chi connectivity index (χ2v) is 5.40. The van der Waals surface area contributed by atoms with Gasteiger partial charge in [0.05, 0.1) is 0 Å². The first-order chi connectivity index (χ1) is 11.1. The average Bonchev–Trinajstić information content (AvgIpc) is 2.54. The first kappa shape index (κ1) is 16.8. The molecule has 1 unspecified atom stereocenters. The number of urea groups is 1. The number of carbonyl (C=O) groups is 2. The van der Waals surface area contributed by atoms with Crippen LogP contribution in [0.4, 0.5) is 10.5 Å². The summed E-state index contributed by atoms with van der Waals surface area (Å²) >= 11 is 6.03. The average molecular weight is 332 g/mol. The van der Waals surface area contributed by atoms with E-state index in [1.165, 1.54) is 0 Å². The lowest BCUT2D eigenvalue weighted by Gasteiger charge is -2.15. The third-order valence-corrected chi connectivity index (χ3v) is 3.55. The fourth-order valence-corrected chi connectivity index (χ4v) is 2.13. The van der Waals surface area contributed by atoms with E-state index in [9.17, 15) is 9.59 Å². The maximum atomic E-state index is 12.0. The second kappa shape index (κ2) is 8.19. The minimum absolute atomic E-state index is 0.284. The predicted octanol–water partition coefficient (Wildman–Crippen LogP) is 3.17. The summed E-state index contributed by atoms with van der Waals surface area (Å²) in [6.45, 7) is 1.93. The van der Waals surface area contributed by atoms with Crippen LogP contribution in [-0.2, 0) is 11.3 Å². The molecule has 5 nitrogen and oxygen atoms in total. The molecule has 0 spiro atoms. The van der Waals surface area contributed by atoms with Crippen molar-refractivity contribution in [3.63, 3.8) is 0 Å². The number of carbonyl (C=O) groups excluding carboxylic acids is 2. The smallest absolute Gasteiger partial charge is 0.319 e. The standard InChI is InChI=1S/C17H18ClN3O2/c1-12(20-17(23)21-14-8-3-2-4-9-14)16(22)19-11-13-7-5-6-10-15(13)18/h2-10,12H,11H2,1H3,(H,19,22)(H2,20,21,23). The first-order valence-corrected chi connectivity index (χ1v) is 7.58. The Morgan fingerprint density at radius 3 is 2.39 bits per heavy atom. The molecule has 0 aliphatic rings. The summed E-state index contributed by atoms with van der Waals surface area (Å²) in [7, 11) is 0. The van der Waals surface area contributed by atoms with E-state index in [1.54, 1.807) is 25.1 Å². The number of hydrogen-bond acceptors (Lipinski definition) is 2. The highest BCUT2D eigenvalue weighted by molar-refractivity contribution is 6.31. The van der Waals surface area contributed by atoms with Gasteiger partial charge in [0, 0.05) is 17.3 Å². The molecule has 2 aromatic carbocycles. The lowest BCUT2D eigenvalue weighted by molar-refractivity contribution is -0.122. The highest BCUT2D eigenvalue weighted by Crippen LogP contribution is 2.14. The third kappa shape index (κ3) is 5.30. The maximum absolute atomic E-state index is 12.0. The Labute approximate surface area is 140 Å². The van der Waals surface area contributed by atoms with Crippen LogP contribution in [0.15, 0.2) is 54.6 Å². The van der Waals surface area contributed by atoms with Gasteiger partial charge in [0.15, 0.2) is 0 Å². The van der Waals surface area contributed by atoms with Crippen LogP contribution in [0.2, 0.25) is 5.02 Å². The van der Waals surface area contributed by atoms with Crippen LogP contribution in [0.3, 0.4) is 0 Å². The lowest BCUT2D eigenvalue weighted by Crippen LogP contribution is -2.46. The summed E-state index contributed by atoms with van der Waals surface area (Å²) in [5, 5.41) is 8.58. The summed E-state index contributed by atoms with van der Waals surface area (Å²) in [6.07, 6.45) is 0. The Morgan fingerprint density at radius 1 is 1.04 bits per heavy atom. The lowest BCUT2D eigenvalue weighted by atomic mass is 10.2. The minimum atomic E-state index is -0.666. The Balaban J connectivity index is 1.80. The molecule has 2 aromatic rings. The van der Waals surface area contributed by atoms with Crippen LogP contribution < -0.4 is 16.0 Å². The summed E-state index contributed by atoms with van der Waals surface area (Å²) in [5.74, 6) is -0.284. The normalized spacial score (nSPS) is 11.4. The molecular formula is C17H18ClN3O2. The Bertz CT molecular complexity index is 677. The molecule has 120 valence electrons. The van der Waals surface area contributed by atoms with Gasteiger partial charge >= 0.3 is 6.03 Å². The van der Waals surface area contributed by atoms with Crippen LogP contribution >= 0.6 is 11.6 Å². The summed E-state index contributed by atoms with van der Waals surface area (Å²) < 4.78 is 0. The second-order valence-electron chi connectivity index (χ2n) is 5.00. The van der Waals surface area contributed by atoms with E-state index in [2.05, 4.69) is 16.0 Å². The van der Waals surface area contributed by atoms with Gasteiger partial charge in [-0.3, -0.25) is 4.79 Å². The van der Waals surface area contributed by atoms with Gasteiger partial charge in [-0.15, -0.1) is 0 Å². The highest BCUT2D eigenvalue weighted by Gasteiger charge is 2.15. The zero-order valence-corrected chi connectivity index (χ0v) is 13.4. The molecule has 0 aliphatic carbocycles. The molecule has 0 saturated heterocycles. The number of nitrogens with one attached hydrogen (secondary N) is 3. The summed E-state index contributed by atoms with van der Waals surface area (Å²) in [5.41, 5.74) is 1.48. The van der Waals surface area contributed by atoms with Crippen LogP contribution in [0.1, 0.15) is 12.5 Å². The predicted molar refractivity (Wildman–Crippen MR) is 91.4 cm³/mol. The molecule has 0 saturated carbocycles. The van der Waals surface area contributed by atoms with E-state index in [1.807, 2.05) is 36.4 Å². The molecule has 0 aromatic heterocycles. The van der Waals surface area contributed by atoms with Crippen molar-refractivity contribution < 1.29 is 9.59 Å². The number of anilines is 1. The van der Waals surface area contributed by atoms with Crippen molar-refractivity contribution >= 4 is 29.2 Å². The third-order valence-electron chi connectivity index (χ3n) is 3.18. The molecule has 0 aliphatic heterocycles. The number of benzene rings is 2. The van der Waals surface area contributed by atoms with Gasteiger partial charge in [0.25, 0.3) is 0 Å². The van der Waals surface area contributed by atoms with Crippen molar-refractivity contribution in [1.29, 1.82) is 0 Å². The minimum Gasteiger partial charge on any atom is -0.350 e. The number of hydrogen-bond donors (Lipinski definition) is 3. The van der Waals surface area contributed by atoms with Crippen molar-refractivity contribution in [2.45, 2.75) is 19.5 Å². The summed E-state index contributed by atoms with van der Waals surface area (Å²) in [6, 6.07) is 15.2. The molecule has 0 radical (unpaired) electrons. The van der Waals surface area contributed by atoms with Gasteiger partial charge in [-0.2, -0.15) is 0 Å². The van der Waals surface area contributed by atoms with E-state index < -0.39 is 12.1 Å². The molecule has 3 amide bonds. The van der Waals surface area contributed by atoms with Crippen LogP contribution in [0, 0.1) is 0 Å². The van der Waals surface area contributed by atoms with Crippen LogP contribution in [-0.4, -0.2) is 18.0 Å². The Hall–Kier alpha value is -2.53. The van der Waals surface area contributed by atoms with Crippen LogP contribution in [0.25, 0.3) is 0 Å². The Kier molecular flexibility index (Phi) is 6.00. The maximum Gasteiger partial charge on any atom is 0.319 e. The van der Waals surface area contributed by atoms with E-state index in [-0.39, 0.29) is 5.91 Å². The SMILES string of the molecule is CC(NC(=O)Nc1ccccc1)C(=O)NCc1ccccc1Cl. The molecular weight excluding hydrogens is 314 g/mol. The number of halogens is 1. The molecule has 2 rings (SSSR count). The van der Waals surface area contributed by atoms with E-state index in [0.29, 0.717) is 17.3 Å². The zero-order valence-electron chi connectivity index (χ0n) is 12.7. The van der Waals surface area contributed by atoms with Gasteiger partial charge in [0.1, 0.15) is 6.04 Å². The Morgan fingerprint density at radius 2 is 1.70 bits per heavy atom. The molecule has 3 N–H and O–H groups in total. The van der Waals surface area contributed by atoms with Crippen molar-refractivity contribution in [1.82, 2.24) is 10.6 Å². The van der Waals surface area contributed by atoms with Gasteiger partial charge in [-0.05, 0) is 30.7 Å². The molecule has 0 bridgehead atoms. The van der Waals surface area contributed by atoms with Gasteiger partial charge < -0.3 is 16.0 Å². The van der Waals surface area contributed by atoms with E-state index >= 15 is 0 Å². The van der Waals surface area contributed by atoms with Gasteiger partial charge in [0.2, 0.25) is 5.91 Å². The zero-order chi connectivity index (χ0) is 16.7. The molecule has 6 heteroatoms. The first-order valence-electron chi connectivity index (χ1n) is 7.20. The summed E-state index contributed by atoms with van der Waals surface area (Å²) in [4.78, 5) is 23.9. The quantitative estimate of drug-likeness (QED) is 0.787. The number of amides is 3. The molecule has 0 heterocycles. The molecule has 0 fully saturated rings. The van der Waals surface area contributed by atoms with Crippen molar-refractivity contribution in [2.24, 2.45) is 0 Å². The fourth-order valence-electron chi connectivity index (χ4n) is 1.93. The fraction of sp³-hybridized carbons (Fsp3) is 0.176. The van der Waals surface area contributed by atoms with E-state index in [0.717, 1.165) is 5.56 Å². The van der Waals surface area contributed by atoms with E-state index in [4.69, 9.17) is 11.6 Å². The van der Waals surface area contributed by atoms with Crippen LogP contribution in [0.5, 0.6) is 0 Å². The number of para-hydroxylation sites is 1. The van der Waals surface area contributed by atoms with Crippen molar-refractivity contribution in [3.05, 3.63) is 65.2 Å².